The number of aromatic nitrogens is 1. The van der Waals surface area contributed by atoms with Crippen molar-refractivity contribution in [1.29, 1.82) is 0 Å². The van der Waals surface area contributed by atoms with Crippen molar-refractivity contribution in [2.75, 3.05) is 5.32 Å². The van der Waals surface area contributed by atoms with Crippen LogP contribution in [0.3, 0.4) is 0 Å². The monoisotopic (exact) mass is 310 g/mol. The lowest BCUT2D eigenvalue weighted by molar-refractivity contribution is -0.384. The van der Waals surface area contributed by atoms with Crippen molar-refractivity contribution in [2.45, 2.75) is 13.0 Å². The number of nitro groups is 1. The van der Waals surface area contributed by atoms with Crippen LogP contribution in [0.2, 0.25) is 0 Å². The molecule has 0 bridgehead atoms. The molecule has 2 rings (SSSR count). The van der Waals surface area contributed by atoms with Gasteiger partial charge in [0.2, 0.25) is 0 Å². The van der Waals surface area contributed by atoms with Crippen molar-refractivity contribution >= 4 is 28.6 Å². The number of nitrogens with one attached hydrogen (secondary N) is 1. The number of amides is 1. The standard InChI is InChI=1S/C12H11FN4O3S/c1-6(14)12-16-9(5-21-12)11(18)15-8-3-2-7(13)4-10(8)17(19)20/h2-6H,14H2,1H3,(H,15,18). The van der Waals surface area contributed by atoms with Gasteiger partial charge in [0, 0.05) is 5.38 Å². The van der Waals surface area contributed by atoms with E-state index in [4.69, 9.17) is 5.73 Å². The lowest BCUT2D eigenvalue weighted by atomic mass is 10.2. The average molecular weight is 310 g/mol. The Kier molecular flexibility index (Phi) is 4.24. The molecule has 0 aliphatic rings. The molecule has 3 N–H and O–H groups in total. The van der Waals surface area contributed by atoms with E-state index in [-0.39, 0.29) is 17.4 Å². The quantitative estimate of drug-likeness (QED) is 0.665. The van der Waals surface area contributed by atoms with Gasteiger partial charge in [0.05, 0.1) is 17.0 Å². The largest absolute Gasteiger partial charge is 0.322 e. The molecule has 0 radical (unpaired) electrons. The van der Waals surface area contributed by atoms with Gasteiger partial charge >= 0.3 is 0 Å². The zero-order chi connectivity index (χ0) is 15.6. The van der Waals surface area contributed by atoms with E-state index in [1.54, 1.807) is 6.92 Å². The maximum Gasteiger partial charge on any atom is 0.295 e. The summed E-state index contributed by atoms with van der Waals surface area (Å²) >= 11 is 1.22. The number of rotatable bonds is 4. The summed E-state index contributed by atoms with van der Waals surface area (Å²) < 4.78 is 13.0. The summed E-state index contributed by atoms with van der Waals surface area (Å²) in [5.74, 6) is -1.37. The lowest BCUT2D eigenvalue weighted by Gasteiger charge is -2.04. The Labute approximate surface area is 122 Å². The van der Waals surface area contributed by atoms with Crippen molar-refractivity contribution in [3.63, 3.8) is 0 Å². The summed E-state index contributed by atoms with van der Waals surface area (Å²) in [4.78, 5) is 26.1. The smallest absolute Gasteiger partial charge is 0.295 e. The predicted molar refractivity (Wildman–Crippen MR) is 75.7 cm³/mol. The van der Waals surface area contributed by atoms with Crippen LogP contribution in [0, 0.1) is 15.9 Å². The first-order valence-corrected chi connectivity index (χ1v) is 6.72. The topological polar surface area (TPSA) is 111 Å². The van der Waals surface area contributed by atoms with Crippen molar-refractivity contribution < 1.29 is 14.1 Å². The number of anilines is 1. The van der Waals surface area contributed by atoms with Gasteiger partial charge in [-0.25, -0.2) is 9.37 Å². The molecule has 9 heteroatoms. The van der Waals surface area contributed by atoms with Crippen molar-refractivity contribution in [3.8, 4) is 0 Å². The minimum Gasteiger partial charge on any atom is -0.322 e. The van der Waals surface area contributed by atoms with E-state index >= 15 is 0 Å². The molecule has 2 aromatic rings. The minimum atomic E-state index is -0.771. The minimum absolute atomic E-state index is 0.0956. The Morgan fingerprint density at radius 1 is 1.57 bits per heavy atom. The zero-order valence-corrected chi connectivity index (χ0v) is 11.7. The number of nitrogens with two attached hydrogens (primary N) is 1. The number of nitrogens with zero attached hydrogens (tertiary/aromatic N) is 2. The van der Waals surface area contributed by atoms with E-state index in [0.717, 1.165) is 18.2 Å². The van der Waals surface area contributed by atoms with Crippen LogP contribution >= 0.6 is 11.3 Å². The summed E-state index contributed by atoms with van der Waals surface area (Å²) in [6, 6.07) is 2.59. The van der Waals surface area contributed by atoms with Crippen molar-refractivity contribution in [3.05, 3.63) is 50.2 Å². The second-order valence-corrected chi connectivity index (χ2v) is 5.12. The fraction of sp³-hybridized carbons (Fsp3) is 0.167. The molecule has 1 heterocycles. The third kappa shape index (κ3) is 3.38. The molecule has 0 saturated carbocycles. The van der Waals surface area contributed by atoms with Crippen LogP contribution in [0.4, 0.5) is 15.8 Å². The molecule has 21 heavy (non-hydrogen) atoms. The number of hydrogen-bond acceptors (Lipinski definition) is 6. The van der Waals surface area contributed by atoms with Gasteiger partial charge in [0.25, 0.3) is 11.6 Å². The number of nitro benzene ring substituents is 1. The van der Waals surface area contributed by atoms with Crippen LogP contribution in [0.25, 0.3) is 0 Å². The van der Waals surface area contributed by atoms with Crippen molar-refractivity contribution in [1.82, 2.24) is 4.98 Å². The Bertz CT molecular complexity index is 702. The third-order valence-corrected chi connectivity index (χ3v) is 3.59. The van der Waals surface area contributed by atoms with Crippen LogP contribution in [-0.4, -0.2) is 15.8 Å². The van der Waals surface area contributed by atoms with E-state index in [2.05, 4.69) is 10.3 Å². The molecule has 1 atom stereocenters. The van der Waals surface area contributed by atoms with Crippen LogP contribution in [0.1, 0.15) is 28.5 Å². The van der Waals surface area contributed by atoms with Gasteiger partial charge in [-0.1, -0.05) is 0 Å². The second-order valence-electron chi connectivity index (χ2n) is 4.23. The molecule has 0 aliphatic carbocycles. The van der Waals surface area contributed by atoms with Crippen LogP contribution < -0.4 is 11.1 Å². The van der Waals surface area contributed by atoms with E-state index in [0.29, 0.717) is 5.01 Å². The number of thiazole rings is 1. The summed E-state index contributed by atoms with van der Waals surface area (Å²) in [7, 11) is 0. The highest BCUT2D eigenvalue weighted by atomic mass is 32.1. The Balaban J connectivity index is 2.25. The fourth-order valence-electron chi connectivity index (χ4n) is 1.55. The molecule has 1 amide bonds. The Hall–Kier alpha value is -2.39. The van der Waals surface area contributed by atoms with E-state index in [1.165, 1.54) is 16.7 Å². The number of carbonyl (C=O) groups is 1. The summed E-state index contributed by atoms with van der Waals surface area (Å²) in [5, 5.41) is 15.3. The summed E-state index contributed by atoms with van der Waals surface area (Å²) in [5.41, 5.74) is 5.13. The maximum atomic E-state index is 13.0. The number of halogens is 1. The van der Waals surface area contributed by atoms with Gasteiger partial charge in [-0.3, -0.25) is 14.9 Å². The van der Waals surface area contributed by atoms with Gasteiger partial charge in [-0.15, -0.1) is 11.3 Å². The normalized spacial score (nSPS) is 12.0. The molecule has 0 aliphatic heterocycles. The highest BCUT2D eigenvalue weighted by Gasteiger charge is 2.19. The lowest BCUT2D eigenvalue weighted by Crippen LogP contribution is -2.14. The van der Waals surface area contributed by atoms with E-state index < -0.39 is 22.3 Å². The highest BCUT2D eigenvalue weighted by Crippen LogP contribution is 2.26. The van der Waals surface area contributed by atoms with Crippen LogP contribution in [0.5, 0.6) is 0 Å². The molecule has 7 nitrogen and oxygen atoms in total. The molecular weight excluding hydrogens is 299 g/mol. The molecule has 1 aromatic heterocycles. The summed E-state index contributed by atoms with van der Waals surface area (Å²) in [6.45, 7) is 1.73. The first-order chi connectivity index (χ1) is 9.88. The maximum absolute atomic E-state index is 13.0. The molecule has 1 aromatic carbocycles. The first-order valence-electron chi connectivity index (χ1n) is 5.84. The van der Waals surface area contributed by atoms with Gasteiger partial charge in [-0.05, 0) is 19.1 Å². The van der Waals surface area contributed by atoms with Gasteiger partial charge in [0.15, 0.2) is 0 Å². The number of benzene rings is 1. The molecule has 110 valence electrons. The first kappa shape index (κ1) is 15.0. The van der Waals surface area contributed by atoms with Gasteiger partial charge < -0.3 is 11.1 Å². The molecule has 1 unspecified atom stereocenters. The molecule has 0 fully saturated rings. The average Bonchev–Trinajstić information content (AvgIpc) is 2.90. The van der Waals surface area contributed by atoms with Gasteiger partial charge in [0.1, 0.15) is 22.2 Å². The zero-order valence-electron chi connectivity index (χ0n) is 10.9. The van der Waals surface area contributed by atoms with Crippen LogP contribution in [-0.2, 0) is 0 Å². The predicted octanol–water partition coefficient (Wildman–Crippen LogP) is 2.46. The van der Waals surface area contributed by atoms with Gasteiger partial charge in [-0.2, -0.15) is 0 Å². The number of carbonyl (C=O) groups excluding carboxylic acids is 1. The Morgan fingerprint density at radius 3 is 2.86 bits per heavy atom. The van der Waals surface area contributed by atoms with E-state index in [1.807, 2.05) is 0 Å². The van der Waals surface area contributed by atoms with Crippen molar-refractivity contribution in [2.24, 2.45) is 5.73 Å². The SMILES string of the molecule is CC(N)c1nc(C(=O)Nc2ccc(F)cc2[N+](=O)[O-])cs1. The summed E-state index contributed by atoms with van der Waals surface area (Å²) in [6.07, 6.45) is 0. The molecule has 0 saturated heterocycles. The second kappa shape index (κ2) is 5.94. The molecular formula is C12H11FN4O3S. The Morgan fingerprint density at radius 2 is 2.29 bits per heavy atom. The highest BCUT2D eigenvalue weighted by molar-refractivity contribution is 7.09. The number of hydrogen-bond donors (Lipinski definition) is 2. The third-order valence-electron chi connectivity index (χ3n) is 2.55. The fourth-order valence-corrected chi connectivity index (χ4v) is 2.31. The van der Waals surface area contributed by atoms with E-state index in [9.17, 15) is 19.3 Å². The van der Waals surface area contributed by atoms with Crippen LogP contribution in [0.15, 0.2) is 23.6 Å². The molecule has 0 spiro atoms.